The number of nitrogens with zero attached hydrogens (tertiary/aromatic N) is 3. The summed E-state index contributed by atoms with van der Waals surface area (Å²) in [6.45, 7) is 0. The van der Waals surface area contributed by atoms with Crippen molar-refractivity contribution in [2.24, 2.45) is 5.92 Å². The van der Waals surface area contributed by atoms with Crippen molar-refractivity contribution >= 4 is 17.1 Å². The summed E-state index contributed by atoms with van der Waals surface area (Å²) in [5.74, 6) is -0.874. The fourth-order valence-electron chi connectivity index (χ4n) is 4.01. The number of carboxylic acids is 1. The van der Waals surface area contributed by atoms with Gasteiger partial charge in [-0.3, -0.25) is 4.79 Å². The Morgan fingerprint density at radius 2 is 1.81 bits per heavy atom. The Labute approximate surface area is 150 Å². The van der Waals surface area contributed by atoms with Crippen LogP contribution < -0.4 is 5.43 Å². The SMILES string of the molecule is O=C(O)c1cn(C(c2ccccc2)C2CCCC2)c2nccnc2c1=O. The van der Waals surface area contributed by atoms with Crippen LogP contribution in [0.4, 0.5) is 0 Å². The number of hydrogen-bond acceptors (Lipinski definition) is 4. The van der Waals surface area contributed by atoms with Crippen LogP contribution in [-0.2, 0) is 0 Å². The summed E-state index contributed by atoms with van der Waals surface area (Å²) in [4.78, 5) is 32.6. The number of fused-ring (bicyclic) bond motifs is 1. The minimum Gasteiger partial charge on any atom is -0.477 e. The van der Waals surface area contributed by atoms with Crippen LogP contribution >= 0.6 is 0 Å². The monoisotopic (exact) mass is 349 g/mol. The normalized spacial score (nSPS) is 16.0. The maximum atomic E-state index is 12.5. The smallest absolute Gasteiger partial charge is 0.341 e. The maximum Gasteiger partial charge on any atom is 0.341 e. The molecule has 1 aliphatic rings. The molecular weight excluding hydrogens is 330 g/mol. The van der Waals surface area contributed by atoms with Crippen molar-refractivity contribution in [3.05, 3.63) is 70.3 Å². The van der Waals surface area contributed by atoms with E-state index in [1.54, 1.807) is 0 Å². The van der Waals surface area contributed by atoms with Crippen molar-refractivity contribution in [1.29, 1.82) is 0 Å². The van der Waals surface area contributed by atoms with Crippen molar-refractivity contribution in [1.82, 2.24) is 14.5 Å². The molecule has 0 saturated heterocycles. The molecule has 0 radical (unpaired) electrons. The van der Waals surface area contributed by atoms with Crippen LogP contribution in [0.1, 0.15) is 47.6 Å². The van der Waals surface area contributed by atoms with E-state index in [1.165, 1.54) is 18.6 Å². The molecule has 26 heavy (non-hydrogen) atoms. The first-order valence-electron chi connectivity index (χ1n) is 8.81. The van der Waals surface area contributed by atoms with E-state index in [1.807, 2.05) is 34.9 Å². The lowest BCUT2D eigenvalue weighted by Gasteiger charge is -2.28. The molecule has 1 atom stereocenters. The zero-order chi connectivity index (χ0) is 18.1. The van der Waals surface area contributed by atoms with E-state index in [2.05, 4.69) is 9.97 Å². The third-order valence-electron chi connectivity index (χ3n) is 5.17. The average molecular weight is 349 g/mol. The molecule has 0 bridgehead atoms. The number of pyridine rings is 1. The Hall–Kier alpha value is -3.02. The highest BCUT2D eigenvalue weighted by molar-refractivity contribution is 5.90. The first-order chi connectivity index (χ1) is 12.7. The van der Waals surface area contributed by atoms with E-state index in [0.29, 0.717) is 11.6 Å². The van der Waals surface area contributed by atoms with Crippen molar-refractivity contribution < 1.29 is 9.90 Å². The fourth-order valence-corrected chi connectivity index (χ4v) is 4.01. The van der Waals surface area contributed by atoms with Crippen LogP contribution in [0.2, 0.25) is 0 Å². The van der Waals surface area contributed by atoms with E-state index < -0.39 is 11.4 Å². The highest BCUT2D eigenvalue weighted by Gasteiger charge is 2.30. The van der Waals surface area contributed by atoms with Crippen molar-refractivity contribution in [3.63, 3.8) is 0 Å². The van der Waals surface area contributed by atoms with Gasteiger partial charge in [0.15, 0.2) is 11.2 Å². The molecule has 1 saturated carbocycles. The molecule has 132 valence electrons. The van der Waals surface area contributed by atoms with Gasteiger partial charge in [0.1, 0.15) is 5.56 Å². The summed E-state index contributed by atoms with van der Waals surface area (Å²) < 4.78 is 1.85. The van der Waals surface area contributed by atoms with Gasteiger partial charge < -0.3 is 9.67 Å². The van der Waals surface area contributed by atoms with Gasteiger partial charge in [0.25, 0.3) is 0 Å². The molecule has 0 aliphatic heterocycles. The minimum absolute atomic E-state index is 0.0726. The molecule has 0 amide bonds. The highest BCUT2D eigenvalue weighted by Crippen LogP contribution is 2.39. The summed E-state index contributed by atoms with van der Waals surface area (Å²) in [6, 6.07) is 9.93. The first-order valence-corrected chi connectivity index (χ1v) is 8.81. The summed E-state index contributed by atoms with van der Waals surface area (Å²) in [5.41, 5.74) is 0.771. The van der Waals surface area contributed by atoms with Gasteiger partial charge in [0.2, 0.25) is 5.43 Å². The predicted octanol–water partition coefficient (Wildman–Crippen LogP) is 3.27. The second-order valence-electron chi connectivity index (χ2n) is 6.71. The van der Waals surface area contributed by atoms with E-state index in [4.69, 9.17) is 0 Å². The number of hydrogen-bond donors (Lipinski definition) is 1. The molecule has 6 nitrogen and oxygen atoms in total. The van der Waals surface area contributed by atoms with Gasteiger partial charge in [-0.05, 0) is 24.3 Å². The zero-order valence-electron chi connectivity index (χ0n) is 14.2. The van der Waals surface area contributed by atoms with Crippen molar-refractivity contribution in [2.75, 3.05) is 0 Å². The molecule has 2 heterocycles. The minimum atomic E-state index is -1.24. The number of carboxylic acid groups (broad SMARTS) is 1. The van der Waals surface area contributed by atoms with Crippen LogP contribution in [0.15, 0.2) is 53.7 Å². The van der Waals surface area contributed by atoms with Gasteiger partial charge in [-0.25, -0.2) is 14.8 Å². The molecule has 2 aromatic heterocycles. The van der Waals surface area contributed by atoms with E-state index in [0.717, 1.165) is 31.2 Å². The number of carbonyl (C=O) groups is 1. The van der Waals surface area contributed by atoms with Crippen LogP contribution in [0.3, 0.4) is 0 Å². The molecule has 1 unspecified atom stereocenters. The molecule has 1 aromatic carbocycles. The number of benzene rings is 1. The number of rotatable bonds is 4. The van der Waals surface area contributed by atoms with Gasteiger partial charge in [0.05, 0.1) is 6.04 Å². The Bertz CT molecular complexity index is 1010. The molecular formula is C20H19N3O3. The Morgan fingerprint density at radius 1 is 1.12 bits per heavy atom. The number of aromatic carboxylic acids is 1. The topological polar surface area (TPSA) is 85.1 Å². The molecule has 4 rings (SSSR count). The predicted molar refractivity (Wildman–Crippen MR) is 97.3 cm³/mol. The van der Waals surface area contributed by atoms with Crippen LogP contribution in [0.25, 0.3) is 11.2 Å². The zero-order valence-corrected chi connectivity index (χ0v) is 14.2. The third-order valence-corrected chi connectivity index (χ3v) is 5.17. The van der Waals surface area contributed by atoms with Crippen LogP contribution in [-0.4, -0.2) is 25.6 Å². The first kappa shape index (κ1) is 16.4. The van der Waals surface area contributed by atoms with E-state index in [9.17, 15) is 14.7 Å². The van der Waals surface area contributed by atoms with Gasteiger partial charge >= 0.3 is 5.97 Å². The highest BCUT2D eigenvalue weighted by atomic mass is 16.4. The van der Waals surface area contributed by atoms with Crippen LogP contribution in [0.5, 0.6) is 0 Å². The molecule has 6 heteroatoms. The Morgan fingerprint density at radius 3 is 2.50 bits per heavy atom. The van der Waals surface area contributed by atoms with E-state index in [-0.39, 0.29) is 17.1 Å². The summed E-state index contributed by atoms with van der Waals surface area (Å²) in [5, 5.41) is 9.51. The van der Waals surface area contributed by atoms with Crippen LogP contribution in [0, 0.1) is 5.92 Å². The van der Waals surface area contributed by atoms with E-state index >= 15 is 0 Å². The second kappa shape index (κ2) is 6.71. The largest absolute Gasteiger partial charge is 0.477 e. The number of aromatic nitrogens is 3. The molecule has 1 fully saturated rings. The average Bonchev–Trinajstić information content (AvgIpc) is 3.19. The van der Waals surface area contributed by atoms with Crippen molar-refractivity contribution in [2.45, 2.75) is 31.7 Å². The molecule has 1 N–H and O–H groups in total. The summed E-state index contributed by atoms with van der Waals surface area (Å²) in [6.07, 6.45) is 8.85. The maximum absolute atomic E-state index is 12.5. The molecule has 1 aliphatic carbocycles. The lowest BCUT2D eigenvalue weighted by Crippen LogP contribution is -2.26. The van der Waals surface area contributed by atoms with Gasteiger partial charge in [-0.1, -0.05) is 43.2 Å². The third kappa shape index (κ3) is 2.77. The van der Waals surface area contributed by atoms with Gasteiger partial charge in [-0.15, -0.1) is 0 Å². The Kier molecular flexibility index (Phi) is 4.24. The Balaban J connectivity index is 2.01. The molecule has 3 aromatic rings. The van der Waals surface area contributed by atoms with Gasteiger partial charge in [0, 0.05) is 18.6 Å². The summed E-state index contributed by atoms with van der Waals surface area (Å²) in [7, 11) is 0. The lowest BCUT2D eigenvalue weighted by atomic mass is 9.91. The molecule has 0 spiro atoms. The second-order valence-corrected chi connectivity index (χ2v) is 6.71. The standard InChI is InChI=1S/C20H19N3O3/c24-18-15(20(25)26)12-23(19-16(18)21-10-11-22-19)17(14-8-4-5-9-14)13-6-2-1-3-7-13/h1-3,6-7,10-12,14,17H,4-5,8-9H2,(H,25,26). The summed E-state index contributed by atoms with van der Waals surface area (Å²) >= 11 is 0. The quantitative estimate of drug-likeness (QED) is 0.781. The fraction of sp³-hybridized carbons (Fsp3) is 0.300. The van der Waals surface area contributed by atoms with Crippen molar-refractivity contribution in [3.8, 4) is 0 Å². The van der Waals surface area contributed by atoms with Gasteiger partial charge in [-0.2, -0.15) is 0 Å². The lowest BCUT2D eigenvalue weighted by molar-refractivity contribution is 0.0694.